The summed E-state index contributed by atoms with van der Waals surface area (Å²) in [4.78, 5) is 13.8. The van der Waals surface area contributed by atoms with Crippen LogP contribution in [0.5, 0.6) is 5.75 Å². The molecule has 6 heteroatoms. The average Bonchev–Trinajstić information content (AvgIpc) is 2.37. The first-order valence-corrected chi connectivity index (χ1v) is 6.24. The van der Waals surface area contributed by atoms with Gasteiger partial charge in [0.25, 0.3) is 5.91 Å². The van der Waals surface area contributed by atoms with Crippen molar-refractivity contribution in [3.05, 3.63) is 27.7 Å². The molecule has 4 nitrogen and oxygen atoms in total. The molecule has 0 bridgehead atoms. The molecular formula is C12H15Cl2NO3. The molecule has 0 aliphatic rings. The van der Waals surface area contributed by atoms with Gasteiger partial charge in [0.1, 0.15) is 5.56 Å². The number of ether oxygens (including phenoxy) is 1. The summed E-state index contributed by atoms with van der Waals surface area (Å²) >= 11 is 12.0. The van der Waals surface area contributed by atoms with Gasteiger partial charge >= 0.3 is 0 Å². The lowest BCUT2D eigenvalue weighted by molar-refractivity contribution is 0.0729. The third kappa shape index (κ3) is 3.07. The van der Waals surface area contributed by atoms with Gasteiger partial charge < -0.3 is 14.7 Å². The van der Waals surface area contributed by atoms with Crippen molar-refractivity contribution in [1.82, 2.24) is 4.90 Å². The predicted octanol–water partition coefficient (Wildman–Crippen LogP) is 2.46. The molecule has 1 rings (SSSR count). The largest absolute Gasteiger partial charge is 0.494 e. The van der Waals surface area contributed by atoms with E-state index in [1.54, 1.807) is 12.1 Å². The van der Waals surface area contributed by atoms with Gasteiger partial charge in [-0.1, -0.05) is 23.2 Å². The first kappa shape index (κ1) is 15.1. The van der Waals surface area contributed by atoms with E-state index in [9.17, 15) is 4.79 Å². The molecule has 0 aliphatic heterocycles. The number of carbonyl (C=O) groups excluding carboxylic acids is 1. The Bertz CT molecular complexity index is 438. The third-order valence-corrected chi connectivity index (χ3v) is 3.13. The van der Waals surface area contributed by atoms with E-state index in [0.29, 0.717) is 11.6 Å². The molecule has 18 heavy (non-hydrogen) atoms. The molecule has 0 atom stereocenters. The molecule has 0 unspecified atom stereocenters. The summed E-state index contributed by atoms with van der Waals surface area (Å²) in [6.07, 6.45) is 0. The molecule has 1 aromatic rings. The van der Waals surface area contributed by atoms with Gasteiger partial charge in [0.15, 0.2) is 5.75 Å². The molecule has 1 aromatic carbocycles. The molecule has 0 saturated carbocycles. The molecule has 0 radical (unpaired) electrons. The van der Waals surface area contributed by atoms with Crippen LogP contribution in [0.2, 0.25) is 10.0 Å². The molecule has 1 N–H and O–H groups in total. The highest BCUT2D eigenvalue weighted by Gasteiger charge is 2.23. The Labute approximate surface area is 116 Å². The first-order valence-electron chi connectivity index (χ1n) is 5.48. The number of halogens is 2. The second-order valence-electron chi connectivity index (χ2n) is 3.55. The van der Waals surface area contributed by atoms with Gasteiger partial charge in [-0.25, -0.2) is 0 Å². The number of amides is 1. The van der Waals surface area contributed by atoms with Crippen LogP contribution in [0, 0.1) is 0 Å². The lowest BCUT2D eigenvalue weighted by Gasteiger charge is -2.21. The number of likely N-dealkylation sites (N-methyl/N-ethyl adjacent to an activating group) is 1. The number of rotatable bonds is 5. The number of hydrogen-bond acceptors (Lipinski definition) is 3. The zero-order chi connectivity index (χ0) is 13.7. The zero-order valence-corrected chi connectivity index (χ0v) is 11.8. The van der Waals surface area contributed by atoms with Gasteiger partial charge in [0, 0.05) is 13.1 Å². The highest BCUT2D eigenvalue weighted by Crippen LogP contribution is 2.34. The van der Waals surface area contributed by atoms with Crippen LogP contribution in [0.15, 0.2) is 12.1 Å². The Balaban J connectivity index is 3.22. The minimum Gasteiger partial charge on any atom is -0.494 e. The smallest absolute Gasteiger partial charge is 0.259 e. The van der Waals surface area contributed by atoms with Crippen molar-refractivity contribution in [2.75, 3.05) is 26.8 Å². The average molecular weight is 292 g/mol. The van der Waals surface area contributed by atoms with Crippen molar-refractivity contribution < 1.29 is 14.6 Å². The van der Waals surface area contributed by atoms with E-state index >= 15 is 0 Å². The topological polar surface area (TPSA) is 49.8 Å². The monoisotopic (exact) mass is 291 g/mol. The number of hydrogen-bond donors (Lipinski definition) is 1. The fraction of sp³-hybridized carbons (Fsp3) is 0.417. The van der Waals surface area contributed by atoms with Crippen LogP contribution < -0.4 is 4.74 Å². The lowest BCUT2D eigenvalue weighted by Crippen LogP contribution is -2.33. The van der Waals surface area contributed by atoms with Gasteiger partial charge in [-0.05, 0) is 19.1 Å². The van der Waals surface area contributed by atoms with E-state index in [0.717, 1.165) is 0 Å². The van der Waals surface area contributed by atoms with Crippen molar-refractivity contribution in [3.8, 4) is 5.75 Å². The summed E-state index contributed by atoms with van der Waals surface area (Å²) in [5.74, 6) is -0.0542. The Morgan fingerprint density at radius 1 is 1.39 bits per heavy atom. The van der Waals surface area contributed by atoms with Crippen molar-refractivity contribution in [2.45, 2.75) is 6.92 Å². The minimum atomic E-state index is -0.309. The summed E-state index contributed by atoms with van der Waals surface area (Å²) in [7, 11) is 1.43. The maximum Gasteiger partial charge on any atom is 0.259 e. The van der Waals surface area contributed by atoms with E-state index in [1.807, 2.05) is 6.92 Å². The van der Waals surface area contributed by atoms with Crippen LogP contribution in [0.3, 0.4) is 0 Å². The summed E-state index contributed by atoms with van der Waals surface area (Å²) in [5, 5.41) is 9.53. The molecule has 1 amide bonds. The summed E-state index contributed by atoms with van der Waals surface area (Å²) in [6, 6.07) is 3.12. The maximum atomic E-state index is 12.3. The highest BCUT2D eigenvalue weighted by atomic mass is 35.5. The molecule has 0 aliphatic carbocycles. The second-order valence-corrected chi connectivity index (χ2v) is 4.36. The van der Waals surface area contributed by atoms with Gasteiger partial charge in [0.05, 0.1) is 23.8 Å². The van der Waals surface area contributed by atoms with Crippen molar-refractivity contribution in [2.24, 2.45) is 0 Å². The van der Waals surface area contributed by atoms with Gasteiger partial charge in [0.2, 0.25) is 0 Å². The molecule has 100 valence electrons. The summed E-state index contributed by atoms with van der Waals surface area (Å²) in [5.41, 5.74) is 0.224. The second kappa shape index (κ2) is 6.83. The van der Waals surface area contributed by atoms with Crippen LogP contribution in [0.4, 0.5) is 0 Å². The van der Waals surface area contributed by atoms with Crippen molar-refractivity contribution in [3.63, 3.8) is 0 Å². The number of benzene rings is 1. The number of nitrogens with zero attached hydrogens (tertiary/aromatic N) is 1. The van der Waals surface area contributed by atoms with Crippen LogP contribution in [0.25, 0.3) is 0 Å². The predicted molar refractivity (Wildman–Crippen MR) is 71.7 cm³/mol. The maximum absolute atomic E-state index is 12.3. The minimum absolute atomic E-state index is 0.111. The number of methoxy groups -OCH3 is 1. The molecule has 0 spiro atoms. The van der Waals surface area contributed by atoms with Gasteiger partial charge in [-0.15, -0.1) is 0 Å². The first-order chi connectivity index (χ1) is 8.56. The SMILES string of the molecule is CCN(CCO)C(=O)c1c(Cl)ccc(Cl)c1OC. The standard InChI is InChI=1S/C12H15Cl2NO3/c1-3-15(6-7-16)12(17)10-8(13)4-5-9(14)11(10)18-2/h4-5,16H,3,6-7H2,1-2H3. The number of aliphatic hydroxyl groups excluding tert-OH is 1. The Morgan fingerprint density at radius 2 is 2.00 bits per heavy atom. The molecule has 0 aromatic heterocycles. The van der Waals surface area contributed by atoms with Gasteiger partial charge in [-0.3, -0.25) is 4.79 Å². The van der Waals surface area contributed by atoms with Crippen molar-refractivity contribution in [1.29, 1.82) is 0 Å². The number of carbonyl (C=O) groups is 1. The Hall–Kier alpha value is -0.970. The van der Waals surface area contributed by atoms with Crippen molar-refractivity contribution >= 4 is 29.1 Å². The van der Waals surface area contributed by atoms with E-state index < -0.39 is 0 Å². The normalized spacial score (nSPS) is 10.3. The molecular weight excluding hydrogens is 277 g/mol. The highest BCUT2D eigenvalue weighted by molar-refractivity contribution is 6.37. The van der Waals surface area contributed by atoms with Gasteiger partial charge in [-0.2, -0.15) is 0 Å². The van der Waals surface area contributed by atoms with E-state index in [2.05, 4.69) is 0 Å². The summed E-state index contributed by atoms with van der Waals surface area (Å²) < 4.78 is 5.12. The Kier molecular flexibility index (Phi) is 5.72. The fourth-order valence-electron chi connectivity index (χ4n) is 1.61. The van der Waals surface area contributed by atoms with E-state index in [1.165, 1.54) is 12.0 Å². The van der Waals surface area contributed by atoms with Crippen LogP contribution >= 0.6 is 23.2 Å². The third-order valence-electron chi connectivity index (χ3n) is 2.52. The molecule has 0 saturated heterocycles. The number of aliphatic hydroxyl groups is 1. The van der Waals surface area contributed by atoms with E-state index in [4.69, 9.17) is 33.0 Å². The quantitative estimate of drug-likeness (QED) is 0.907. The van der Waals surface area contributed by atoms with Crippen LogP contribution in [-0.2, 0) is 0 Å². The molecule has 0 fully saturated rings. The lowest BCUT2D eigenvalue weighted by atomic mass is 10.1. The van der Waals surface area contributed by atoms with Crippen LogP contribution in [-0.4, -0.2) is 42.7 Å². The summed E-state index contributed by atoms with van der Waals surface area (Å²) in [6.45, 7) is 2.41. The van der Waals surface area contributed by atoms with E-state index in [-0.39, 0.29) is 35.4 Å². The fourth-order valence-corrected chi connectivity index (χ4v) is 2.08. The molecule has 0 heterocycles. The Morgan fingerprint density at radius 3 is 2.50 bits per heavy atom. The van der Waals surface area contributed by atoms with Crippen LogP contribution in [0.1, 0.15) is 17.3 Å². The zero-order valence-electron chi connectivity index (χ0n) is 10.2.